The highest BCUT2D eigenvalue weighted by Crippen LogP contribution is 2.24. The molecule has 108 valence electrons. The van der Waals surface area contributed by atoms with Crippen molar-refractivity contribution in [3.05, 3.63) is 48.3 Å². The zero-order valence-electron chi connectivity index (χ0n) is 12.7. The molecular formula is C17H23NO2. The molecule has 0 N–H and O–H groups in total. The fraction of sp³-hybridized carbons (Fsp3) is 0.353. The summed E-state index contributed by atoms with van der Waals surface area (Å²) in [5, 5.41) is 0. The molecule has 0 saturated heterocycles. The van der Waals surface area contributed by atoms with Gasteiger partial charge in [-0.15, -0.1) is 0 Å². The van der Waals surface area contributed by atoms with Gasteiger partial charge >= 0.3 is 0 Å². The van der Waals surface area contributed by atoms with E-state index in [0.717, 1.165) is 22.6 Å². The molecule has 3 heteroatoms. The number of nitrogens with zero attached hydrogens (tertiary/aromatic N) is 1. The van der Waals surface area contributed by atoms with Crippen LogP contribution >= 0.6 is 0 Å². The predicted molar refractivity (Wildman–Crippen MR) is 83.1 cm³/mol. The number of pyridine rings is 1. The molecule has 3 nitrogen and oxygen atoms in total. The van der Waals surface area contributed by atoms with Crippen molar-refractivity contribution in [3.8, 4) is 16.9 Å². The third-order valence-corrected chi connectivity index (χ3v) is 2.73. The van der Waals surface area contributed by atoms with Crippen LogP contribution < -0.4 is 4.74 Å². The van der Waals surface area contributed by atoms with E-state index in [1.165, 1.54) is 0 Å². The monoisotopic (exact) mass is 273 g/mol. The van der Waals surface area contributed by atoms with Crippen LogP contribution in [0.5, 0.6) is 5.75 Å². The van der Waals surface area contributed by atoms with Crippen molar-refractivity contribution in [2.24, 2.45) is 0 Å². The summed E-state index contributed by atoms with van der Waals surface area (Å²) >= 11 is 0. The van der Waals surface area contributed by atoms with Crippen molar-refractivity contribution in [2.75, 3.05) is 20.3 Å². The minimum Gasteiger partial charge on any atom is -0.491 e. The lowest BCUT2D eigenvalue weighted by Gasteiger charge is -2.08. The molecule has 0 aliphatic carbocycles. The summed E-state index contributed by atoms with van der Waals surface area (Å²) in [5.41, 5.74) is 3.34. The summed E-state index contributed by atoms with van der Waals surface area (Å²) in [7, 11) is 1.66. The second-order valence-corrected chi connectivity index (χ2v) is 4.00. The summed E-state index contributed by atoms with van der Waals surface area (Å²) in [4.78, 5) is 4.29. The van der Waals surface area contributed by atoms with E-state index in [4.69, 9.17) is 9.47 Å². The lowest BCUT2D eigenvalue weighted by molar-refractivity contribution is 0.146. The number of methoxy groups -OCH3 is 1. The smallest absolute Gasteiger partial charge is 0.119 e. The van der Waals surface area contributed by atoms with Gasteiger partial charge in [-0.2, -0.15) is 0 Å². The molecule has 0 unspecified atom stereocenters. The van der Waals surface area contributed by atoms with Gasteiger partial charge in [0, 0.05) is 24.6 Å². The predicted octanol–water partition coefficient (Wildman–Crippen LogP) is 4.11. The first-order valence-corrected chi connectivity index (χ1v) is 6.95. The van der Waals surface area contributed by atoms with Crippen LogP contribution in [-0.2, 0) is 4.74 Å². The molecule has 2 rings (SSSR count). The molecule has 0 radical (unpaired) electrons. The molecule has 2 aromatic rings. The van der Waals surface area contributed by atoms with Crippen LogP contribution in [0.3, 0.4) is 0 Å². The van der Waals surface area contributed by atoms with Gasteiger partial charge in [0.05, 0.1) is 6.61 Å². The third kappa shape index (κ3) is 4.67. The van der Waals surface area contributed by atoms with Gasteiger partial charge in [0.2, 0.25) is 0 Å². The second-order valence-electron chi connectivity index (χ2n) is 4.00. The van der Waals surface area contributed by atoms with E-state index in [1.807, 2.05) is 51.1 Å². The molecule has 0 aliphatic heterocycles. The van der Waals surface area contributed by atoms with Crippen LogP contribution in [0.1, 0.15) is 19.5 Å². The van der Waals surface area contributed by atoms with Gasteiger partial charge < -0.3 is 9.47 Å². The minimum atomic E-state index is 0.571. The van der Waals surface area contributed by atoms with E-state index in [2.05, 4.69) is 11.1 Å². The number of hydrogen-bond acceptors (Lipinski definition) is 3. The zero-order chi connectivity index (χ0) is 14.8. The minimum absolute atomic E-state index is 0.571. The molecule has 0 saturated carbocycles. The topological polar surface area (TPSA) is 31.4 Å². The molecule has 0 fully saturated rings. The number of rotatable bonds is 5. The molecule has 20 heavy (non-hydrogen) atoms. The fourth-order valence-corrected chi connectivity index (χ4v) is 1.76. The molecule has 1 aromatic heterocycles. The van der Waals surface area contributed by atoms with E-state index >= 15 is 0 Å². The summed E-state index contributed by atoms with van der Waals surface area (Å²) in [6.45, 7) is 7.18. The molecular weight excluding hydrogens is 250 g/mol. The van der Waals surface area contributed by atoms with E-state index in [9.17, 15) is 0 Å². The Bertz CT molecular complexity index is 495. The Morgan fingerprint density at radius 1 is 1.00 bits per heavy atom. The average Bonchev–Trinajstić information content (AvgIpc) is 2.51. The molecule has 0 bridgehead atoms. The Kier molecular flexibility index (Phi) is 7.36. The fourth-order valence-electron chi connectivity index (χ4n) is 1.76. The number of hydrogen-bond donors (Lipinski definition) is 0. The molecule has 0 spiro atoms. The highest BCUT2D eigenvalue weighted by molar-refractivity contribution is 5.66. The van der Waals surface area contributed by atoms with Crippen molar-refractivity contribution in [3.63, 3.8) is 0 Å². The normalized spacial score (nSPS) is 9.60. The molecule has 0 aliphatic rings. The quantitative estimate of drug-likeness (QED) is 0.768. The van der Waals surface area contributed by atoms with Crippen molar-refractivity contribution >= 4 is 0 Å². The SMILES string of the molecule is CC.COCCOc1ccc(-c2cccnc2C)cc1. The maximum Gasteiger partial charge on any atom is 0.119 e. The largest absolute Gasteiger partial charge is 0.491 e. The first-order chi connectivity index (χ1) is 9.81. The Hall–Kier alpha value is -1.87. The summed E-state index contributed by atoms with van der Waals surface area (Å²) in [6, 6.07) is 12.1. The maximum atomic E-state index is 5.53. The molecule has 0 atom stereocenters. The van der Waals surface area contributed by atoms with Gasteiger partial charge in [-0.05, 0) is 30.7 Å². The summed E-state index contributed by atoms with van der Waals surface area (Å²) in [6.07, 6.45) is 1.81. The Balaban J connectivity index is 0.000000956. The van der Waals surface area contributed by atoms with E-state index < -0.39 is 0 Å². The second kappa shape index (κ2) is 9.10. The first-order valence-electron chi connectivity index (χ1n) is 6.95. The molecule has 1 aromatic carbocycles. The number of aryl methyl sites for hydroxylation is 1. The van der Waals surface area contributed by atoms with Gasteiger partial charge in [0.1, 0.15) is 12.4 Å². The van der Waals surface area contributed by atoms with Crippen LogP contribution in [0.15, 0.2) is 42.6 Å². The molecule has 0 amide bonds. The highest BCUT2D eigenvalue weighted by Gasteiger charge is 2.02. The summed E-state index contributed by atoms with van der Waals surface area (Å²) in [5.74, 6) is 0.859. The van der Waals surface area contributed by atoms with Crippen LogP contribution in [0.2, 0.25) is 0 Å². The maximum absolute atomic E-state index is 5.53. The Morgan fingerprint density at radius 2 is 1.70 bits per heavy atom. The lowest BCUT2D eigenvalue weighted by atomic mass is 10.0. The van der Waals surface area contributed by atoms with Gasteiger partial charge in [0.15, 0.2) is 0 Å². The average molecular weight is 273 g/mol. The molecule has 1 heterocycles. The first kappa shape index (κ1) is 16.2. The van der Waals surface area contributed by atoms with Crippen molar-refractivity contribution in [2.45, 2.75) is 20.8 Å². The van der Waals surface area contributed by atoms with Crippen LogP contribution in [0, 0.1) is 6.92 Å². The van der Waals surface area contributed by atoms with E-state index in [1.54, 1.807) is 13.3 Å². The van der Waals surface area contributed by atoms with E-state index in [-0.39, 0.29) is 0 Å². The number of ether oxygens (including phenoxy) is 2. The van der Waals surface area contributed by atoms with Crippen molar-refractivity contribution in [1.82, 2.24) is 4.98 Å². The lowest BCUT2D eigenvalue weighted by Crippen LogP contribution is -2.03. The van der Waals surface area contributed by atoms with Gasteiger partial charge in [-0.25, -0.2) is 0 Å². The van der Waals surface area contributed by atoms with Crippen LogP contribution in [0.25, 0.3) is 11.1 Å². The number of benzene rings is 1. The van der Waals surface area contributed by atoms with Crippen molar-refractivity contribution < 1.29 is 9.47 Å². The van der Waals surface area contributed by atoms with Gasteiger partial charge in [-0.1, -0.05) is 32.0 Å². The van der Waals surface area contributed by atoms with Crippen LogP contribution in [-0.4, -0.2) is 25.3 Å². The van der Waals surface area contributed by atoms with Crippen molar-refractivity contribution in [1.29, 1.82) is 0 Å². The Morgan fingerprint density at radius 3 is 2.30 bits per heavy atom. The standard InChI is InChI=1S/C15H17NO2.C2H6/c1-12-15(4-3-9-16-12)13-5-7-14(8-6-13)18-11-10-17-2;1-2/h3-9H,10-11H2,1-2H3;1-2H3. The van der Waals surface area contributed by atoms with Gasteiger partial charge in [0.25, 0.3) is 0 Å². The Labute approximate surface area is 121 Å². The summed E-state index contributed by atoms with van der Waals surface area (Å²) < 4.78 is 10.5. The van der Waals surface area contributed by atoms with E-state index in [0.29, 0.717) is 13.2 Å². The highest BCUT2D eigenvalue weighted by atomic mass is 16.5. The van der Waals surface area contributed by atoms with Gasteiger partial charge in [-0.3, -0.25) is 4.98 Å². The number of aromatic nitrogens is 1. The zero-order valence-corrected chi connectivity index (χ0v) is 12.7. The third-order valence-electron chi connectivity index (χ3n) is 2.73. The van der Waals surface area contributed by atoms with Crippen LogP contribution in [0.4, 0.5) is 0 Å².